The molecule has 3 aromatic heterocycles. The largest absolute Gasteiger partial charge is 0.341 e. The number of H-pyrrole nitrogens is 1. The summed E-state index contributed by atoms with van der Waals surface area (Å²) in [5, 5.41) is 7.42. The van der Waals surface area contributed by atoms with Crippen LogP contribution >= 0.6 is 11.3 Å². The molecule has 2 aromatic carbocycles. The number of aromatic amines is 1. The molecule has 0 aliphatic carbocycles. The van der Waals surface area contributed by atoms with E-state index in [-0.39, 0.29) is 11.9 Å². The summed E-state index contributed by atoms with van der Waals surface area (Å²) in [4.78, 5) is 38.0. The fourth-order valence-electron chi connectivity index (χ4n) is 4.39. The van der Waals surface area contributed by atoms with Gasteiger partial charge in [-0.1, -0.05) is 56.2 Å². The average molecular weight is 500 g/mol. The van der Waals surface area contributed by atoms with Gasteiger partial charge in [-0.3, -0.25) is 14.0 Å². The Balaban J connectivity index is 1.33. The molecule has 5 rings (SSSR count). The minimum Gasteiger partial charge on any atom is -0.341 e. The van der Waals surface area contributed by atoms with Gasteiger partial charge in [0.25, 0.3) is 5.91 Å². The molecule has 5 aromatic rings. The molecule has 1 amide bonds. The minimum absolute atomic E-state index is 0.222. The Morgan fingerprint density at radius 3 is 2.81 bits per heavy atom. The summed E-state index contributed by atoms with van der Waals surface area (Å²) in [6.07, 6.45) is 10.1. The molecule has 0 aliphatic rings. The van der Waals surface area contributed by atoms with E-state index >= 15 is 0 Å². The van der Waals surface area contributed by atoms with Gasteiger partial charge in [-0.05, 0) is 29.7 Å². The van der Waals surface area contributed by atoms with Crippen molar-refractivity contribution >= 4 is 38.8 Å². The van der Waals surface area contributed by atoms with Crippen LogP contribution in [0.2, 0.25) is 0 Å². The molecule has 0 radical (unpaired) electrons. The number of benzene rings is 2. The number of rotatable bonds is 11. The van der Waals surface area contributed by atoms with E-state index in [9.17, 15) is 9.59 Å². The van der Waals surface area contributed by atoms with Crippen molar-refractivity contribution in [3.05, 3.63) is 78.0 Å². The SMILES string of the molecule is CCC(=O)CCCCC[C@H](NC(=O)c1cn2ccsc2n1)c1ncc(-c2ccc3ccccc3c2)[nH]1. The van der Waals surface area contributed by atoms with Crippen LogP contribution in [0.4, 0.5) is 0 Å². The van der Waals surface area contributed by atoms with Crippen LogP contribution < -0.4 is 5.32 Å². The van der Waals surface area contributed by atoms with Crippen LogP contribution in [0.25, 0.3) is 27.0 Å². The molecule has 0 saturated carbocycles. The summed E-state index contributed by atoms with van der Waals surface area (Å²) in [6.45, 7) is 1.90. The highest BCUT2D eigenvalue weighted by Gasteiger charge is 2.21. The van der Waals surface area contributed by atoms with Gasteiger partial charge < -0.3 is 10.3 Å². The van der Waals surface area contributed by atoms with E-state index < -0.39 is 0 Å². The van der Waals surface area contributed by atoms with E-state index in [1.807, 2.05) is 41.2 Å². The van der Waals surface area contributed by atoms with Crippen LogP contribution in [0.3, 0.4) is 0 Å². The predicted octanol–water partition coefficient (Wildman–Crippen LogP) is 6.34. The summed E-state index contributed by atoms with van der Waals surface area (Å²) in [5.74, 6) is 0.795. The van der Waals surface area contributed by atoms with Crippen LogP contribution in [0.1, 0.15) is 67.8 Å². The van der Waals surface area contributed by atoms with Gasteiger partial charge in [0.05, 0.1) is 17.9 Å². The van der Waals surface area contributed by atoms with Crippen molar-refractivity contribution in [2.45, 2.75) is 51.5 Å². The maximum Gasteiger partial charge on any atom is 0.272 e. The number of ketones is 1. The van der Waals surface area contributed by atoms with Crippen LogP contribution in [-0.2, 0) is 4.79 Å². The van der Waals surface area contributed by atoms with Gasteiger partial charge in [-0.15, -0.1) is 11.3 Å². The molecule has 0 unspecified atom stereocenters. The number of hydrogen-bond acceptors (Lipinski definition) is 5. The lowest BCUT2D eigenvalue weighted by Gasteiger charge is -2.16. The maximum absolute atomic E-state index is 13.1. The van der Waals surface area contributed by atoms with Crippen LogP contribution in [0.5, 0.6) is 0 Å². The molecule has 184 valence electrons. The highest BCUT2D eigenvalue weighted by molar-refractivity contribution is 7.15. The highest BCUT2D eigenvalue weighted by Crippen LogP contribution is 2.26. The van der Waals surface area contributed by atoms with Crippen molar-refractivity contribution in [1.29, 1.82) is 0 Å². The van der Waals surface area contributed by atoms with Crippen molar-refractivity contribution in [1.82, 2.24) is 24.7 Å². The molecule has 0 spiro atoms. The summed E-state index contributed by atoms with van der Waals surface area (Å²) < 4.78 is 1.85. The van der Waals surface area contributed by atoms with Crippen LogP contribution in [0, 0.1) is 0 Å². The van der Waals surface area contributed by atoms with Crippen molar-refractivity contribution in [2.24, 2.45) is 0 Å². The lowest BCUT2D eigenvalue weighted by molar-refractivity contribution is -0.118. The minimum atomic E-state index is -0.284. The lowest BCUT2D eigenvalue weighted by Crippen LogP contribution is -2.29. The molecule has 1 atom stereocenters. The van der Waals surface area contributed by atoms with Gasteiger partial charge in [-0.25, -0.2) is 9.97 Å². The third-order valence-corrected chi connectivity index (χ3v) is 7.23. The zero-order chi connectivity index (χ0) is 24.9. The first-order chi connectivity index (χ1) is 17.6. The van der Waals surface area contributed by atoms with E-state index in [2.05, 4.69) is 50.6 Å². The average Bonchev–Trinajstić information content (AvgIpc) is 3.64. The second-order valence-corrected chi connectivity index (χ2v) is 9.85. The molecule has 0 aliphatic heterocycles. The first-order valence-electron chi connectivity index (χ1n) is 12.4. The number of Topliss-reactive ketones (excluding diaryl/α,β-unsaturated/α-hetero) is 1. The third kappa shape index (κ3) is 5.39. The monoisotopic (exact) mass is 499 g/mol. The van der Waals surface area contributed by atoms with Gasteiger partial charge in [0, 0.05) is 36.2 Å². The molecule has 7 nitrogen and oxygen atoms in total. The quantitative estimate of drug-likeness (QED) is 0.207. The van der Waals surface area contributed by atoms with Crippen molar-refractivity contribution in [3.63, 3.8) is 0 Å². The van der Waals surface area contributed by atoms with E-state index in [0.717, 1.165) is 53.1 Å². The van der Waals surface area contributed by atoms with Crippen LogP contribution in [-0.4, -0.2) is 31.0 Å². The number of carbonyl (C=O) groups excluding carboxylic acids is 2. The maximum atomic E-state index is 13.1. The topological polar surface area (TPSA) is 92.2 Å². The number of nitrogens with one attached hydrogen (secondary N) is 2. The first kappa shape index (κ1) is 23.9. The number of nitrogens with zero attached hydrogens (tertiary/aromatic N) is 3. The number of carbonyl (C=O) groups is 2. The zero-order valence-electron chi connectivity index (χ0n) is 20.2. The second-order valence-electron chi connectivity index (χ2n) is 8.98. The van der Waals surface area contributed by atoms with E-state index in [4.69, 9.17) is 0 Å². The molecule has 36 heavy (non-hydrogen) atoms. The normalized spacial score (nSPS) is 12.2. The number of aromatic nitrogens is 4. The molecule has 0 saturated heterocycles. The van der Waals surface area contributed by atoms with Crippen molar-refractivity contribution in [2.75, 3.05) is 0 Å². The molecule has 3 heterocycles. The Kier molecular flexibility index (Phi) is 7.23. The molecule has 0 fully saturated rings. The fourth-order valence-corrected chi connectivity index (χ4v) is 5.09. The Bertz CT molecular complexity index is 1470. The summed E-state index contributed by atoms with van der Waals surface area (Å²) >= 11 is 1.49. The fraction of sp³-hybridized carbons (Fsp3) is 0.286. The van der Waals surface area contributed by atoms with Crippen LogP contribution in [0.15, 0.2) is 66.4 Å². The standard InChI is InChI=1S/C28H29N5O2S/c1-2-22(34)10-4-3-5-11-23(31-27(35)25-18-33-14-15-36-28(33)32-25)26-29-17-24(30-26)21-13-12-19-8-6-7-9-20(19)16-21/h6-9,12-18,23H,2-5,10-11H2,1H3,(H,29,30)(H,31,35)/t23-/m0/s1. The number of fused-ring (bicyclic) bond motifs is 2. The number of thiazole rings is 1. The zero-order valence-corrected chi connectivity index (χ0v) is 21.1. The van der Waals surface area contributed by atoms with E-state index in [1.165, 1.54) is 16.7 Å². The number of amides is 1. The van der Waals surface area contributed by atoms with E-state index in [0.29, 0.717) is 24.3 Å². The molecule has 8 heteroatoms. The summed E-state index contributed by atoms with van der Waals surface area (Å²) in [5.41, 5.74) is 2.35. The Morgan fingerprint density at radius 2 is 1.97 bits per heavy atom. The lowest BCUT2D eigenvalue weighted by atomic mass is 10.0. The summed E-state index contributed by atoms with van der Waals surface area (Å²) in [6, 6.07) is 14.3. The Hall–Kier alpha value is -3.78. The Labute approximate surface area is 213 Å². The Morgan fingerprint density at radius 1 is 1.11 bits per heavy atom. The number of imidazole rings is 2. The van der Waals surface area contributed by atoms with Gasteiger partial charge >= 0.3 is 0 Å². The van der Waals surface area contributed by atoms with E-state index in [1.54, 1.807) is 6.20 Å². The van der Waals surface area contributed by atoms with Crippen molar-refractivity contribution < 1.29 is 9.59 Å². The van der Waals surface area contributed by atoms with Crippen molar-refractivity contribution in [3.8, 4) is 11.3 Å². The van der Waals surface area contributed by atoms with Gasteiger partial charge in [-0.2, -0.15) is 0 Å². The third-order valence-electron chi connectivity index (χ3n) is 6.46. The molecular formula is C28H29N5O2S. The highest BCUT2D eigenvalue weighted by atomic mass is 32.1. The van der Waals surface area contributed by atoms with Gasteiger partial charge in [0.15, 0.2) is 4.96 Å². The second kappa shape index (κ2) is 10.9. The first-order valence-corrected chi connectivity index (χ1v) is 13.3. The molecular weight excluding hydrogens is 470 g/mol. The van der Waals surface area contributed by atoms with Gasteiger partial charge in [0.2, 0.25) is 0 Å². The number of hydrogen-bond donors (Lipinski definition) is 2. The smallest absolute Gasteiger partial charge is 0.272 e. The molecule has 2 N–H and O–H groups in total. The number of unbranched alkanes of at least 4 members (excludes halogenated alkanes) is 2. The van der Waals surface area contributed by atoms with Gasteiger partial charge in [0.1, 0.15) is 17.3 Å². The summed E-state index contributed by atoms with van der Waals surface area (Å²) in [7, 11) is 0. The molecule has 0 bridgehead atoms. The predicted molar refractivity (Wildman–Crippen MR) is 143 cm³/mol.